The normalized spacial score (nSPS) is 19.8. The van der Waals surface area contributed by atoms with Crippen LogP contribution < -0.4 is 5.32 Å². The molecule has 1 aromatic rings. The molecule has 7 heteroatoms. The van der Waals surface area contributed by atoms with Crippen molar-refractivity contribution in [1.82, 2.24) is 9.62 Å². The third-order valence-electron chi connectivity index (χ3n) is 3.86. The number of rotatable bonds is 5. The van der Waals surface area contributed by atoms with E-state index in [1.54, 1.807) is 0 Å². The fourth-order valence-electron chi connectivity index (χ4n) is 2.61. The molecule has 1 amide bonds. The second-order valence-corrected chi connectivity index (χ2v) is 7.35. The first-order chi connectivity index (χ1) is 10.5. The van der Waals surface area contributed by atoms with Gasteiger partial charge in [-0.05, 0) is 44.0 Å². The van der Waals surface area contributed by atoms with Crippen LogP contribution >= 0.6 is 0 Å². The number of nitrogens with zero attached hydrogens (tertiary/aromatic N) is 1. The zero-order chi connectivity index (χ0) is 16.2. The van der Waals surface area contributed by atoms with Crippen LogP contribution in [0.2, 0.25) is 0 Å². The lowest BCUT2D eigenvalue weighted by atomic mass is 10.1. The number of nitrogens with one attached hydrogen (secondary N) is 1. The molecule has 1 atom stereocenters. The molecule has 2 N–H and O–H groups in total. The Morgan fingerprint density at radius 3 is 2.59 bits per heavy atom. The molecule has 0 bridgehead atoms. The second-order valence-electron chi connectivity index (χ2n) is 5.46. The van der Waals surface area contributed by atoms with Gasteiger partial charge in [0.1, 0.15) is 0 Å². The van der Waals surface area contributed by atoms with Crippen LogP contribution in [0.25, 0.3) is 0 Å². The molecule has 22 heavy (non-hydrogen) atoms. The van der Waals surface area contributed by atoms with Crippen LogP contribution in [0.1, 0.15) is 36.5 Å². The zero-order valence-corrected chi connectivity index (χ0v) is 13.5. The first-order valence-electron chi connectivity index (χ1n) is 7.48. The Labute approximate surface area is 131 Å². The average molecular weight is 326 g/mol. The van der Waals surface area contributed by atoms with Gasteiger partial charge in [0.15, 0.2) is 0 Å². The number of aliphatic hydroxyl groups excluding tert-OH is 1. The van der Waals surface area contributed by atoms with Gasteiger partial charge in [-0.3, -0.25) is 4.79 Å². The fraction of sp³-hybridized carbons (Fsp3) is 0.533. The number of amides is 1. The Bertz CT molecular complexity index is 613. The minimum atomic E-state index is -3.51. The minimum absolute atomic E-state index is 0.00581. The molecule has 122 valence electrons. The molecule has 1 saturated heterocycles. The number of carbonyl (C=O) groups is 1. The van der Waals surface area contributed by atoms with Crippen LogP contribution in [-0.4, -0.2) is 49.5 Å². The van der Waals surface area contributed by atoms with Gasteiger partial charge in [-0.2, -0.15) is 4.31 Å². The Morgan fingerprint density at radius 2 is 2.00 bits per heavy atom. The van der Waals surface area contributed by atoms with Crippen molar-refractivity contribution in [1.29, 1.82) is 0 Å². The summed E-state index contributed by atoms with van der Waals surface area (Å²) in [6.45, 7) is 2.50. The Kier molecular flexibility index (Phi) is 5.55. The largest absolute Gasteiger partial charge is 0.395 e. The van der Waals surface area contributed by atoms with Gasteiger partial charge in [0, 0.05) is 24.7 Å². The number of benzene rings is 1. The Balaban J connectivity index is 2.16. The van der Waals surface area contributed by atoms with Crippen molar-refractivity contribution in [2.24, 2.45) is 0 Å². The maximum Gasteiger partial charge on any atom is 0.251 e. The SMILES string of the molecule is C[C@@H]1CCCCN1S(=O)(=O)c1ccc(C(=O)NCCO)cc1. The van der Waals surface area contributed by atoms with Crippen molar-refractivity contribution in [3.8, 4) is 0 Å². The summed E-state index contributed by atoms with van der Waals surface area (Å²) in [6, 6.07) is 5.92. The van der Waals surface area contributed by atoms with Crippen molar-refractivity contribution in [3.05, 3.63) is 29.8 Å². The number of piperidine rings is 1. The van der Waals surface area contributed by atoms with Gasteiger partial charge in [-0.15, -0.1) is 0 Å². The van der Waals surface area contributed by atoms with Gasteiger partial charge in [-0.25, -0.2) is 8.42 Å². The molecule has 1 aliphatic heterocycles. The summed E-state index contributed by atoms with van der Waals surface area (Å²) in [5, 5.41) is 11.2. The van der Waals surface area contributed by atoms with Gasteiger partial charge in [0.05, 0.1) is 11.5 Å². The molecule has 1 aromatic carbocycles. The van der Waals surface area contributed by atoms with Crippen LogP contribution in [-0.2, 0) is 10.0 Å². The quantitative estimate of drug-likeness (QED) is 0.844. The second kappa shape index (κ2) is 7.21. The van der Waals surface area contributed by atoms with Crippen molar-refractivity contribution in [3.63, 3.8) is 0 Å². The van der Waals surface area contributed by atoms with E-state index in [0.29, 0.717) is 12.1 Å². The molecule has 1 aliphatic rings. The molecule has 6 nitrogen and oxygen atoms in total. The molecule has 1 fully saturated rings. The fourth-order valence-corrected chi connectivity index (χ4v) is 4.31. The maximum atomic E-state index is 12.6. The monoisotopic (exact) mass is 326 g/mol. The van der Waals surface area contributed by atoms with Gasteiger partial charge < -0.3 is 10.4 Å². The van der Waals surface area contributed by atoms with Gasteiger partial charge in [-0.1, -0.05) is 6.42 Å². The Morgan fingerprint density at radius 1 is 1.32 bits per heavy atom. The average Bonchev–Trinajstić information content (AvgIpc) is 2.53. The number of aliphatic hydroxyl groups is 1. The number of hydrogen-bond acceptors (Lipinski definition) is 4. The highest BCUT2D eigenvalue weighted by molar-refractivity contribution is 7.89. The summed E-state index contributed by atoms with van der Waals surface area (Å²) >= 11 is 0. The van der Waals surface area contributed by atoms with E-state index in [0.717, 1.165) is 19.3 Å². The highest BCUT2D eigenvalue weighted by atomic mass is 32.2. The van der Waals surface area contributed by atoms with E-state index < -0.39 is 10.0 Å². The van der Waals surface area contributed by atoms with E-state index in [1.165, 1.54) is 28.6 Å². The number of carbonyl (C=O) groups excluding carboxylic acids is 1. The summed E-state index contributed by atoms with van der Waals surface area (Å²) in [6.07, 6.45) is 2.81. The summed E-state index contributed by atoms with van der Waals surface area (Å²) in [4.78, 5) is 11.9. The van der Waals surface area contributed by atoms with Crippen molar-refractivity contribution in [2.45, 2.75) is 37.1 Å². The van der Waals surface area contributed by atoms with E-state index in [-0.39, 0.29) is 30.0 Å². The minimum Gasteiger partial charge on any atom is -0.395 e. The lowest BCUT2D eigenvalue weighted by molar-refractivity contribution is 0.0944. The van der Waals surface area contributed by atoms with Crippen molar-refractivity contribution in [2.75, 3.05) is 19.7 Å². The predicted octanol–water partition coefficient (Wildman–Crippen LogP) is 0.972. The molecule has 0 saturated carbocycles. The van der Waals surface area contributed by atoms with Crippen molar-refractivity contribution >= 4 is 15.9 Å². The Hall–Kier alpha value is -1.44. The van der Waals surface area contributed by atoms with Gasteiger partial charge in [0.2, 0.25) is 10.0 Å². The van der Waals surface area contributed by atoms with Crippen LogP contribution in [0.5, 0.6) is 0 Å². The van der Waals surface area contributed by atoms with Gasteiger partial charge >= 0.3 is 0 Å². The summed E-state index contributed by atoms with van der Waals surface area (Å²) in [5.41, 5.74) is 0.374. The molecule has 0 aromatic heterocycles. The predicted molar refractivity (Wildman–Crippen MR) is 83.1 cm³/mol. The summed E-state index contributed by atoms with van der Waals surface area (Å²) in [7, 11) is -3.51. The molecule has 0 radical (unpaired) electrons. The highest BCUT2D eigenvalue weighted by Crippen LogP contribution is 2.25. The standard InChI is InChI=1S/C15H22N2O4S/c1-12-4-2-3-10-17(12)22(20,21)14-7-5-13(6-8-14)15(19)16-9-11-18/h5-8,12,18H,2-4,9-11H2,1H3,(H,16,19)/t12-/m1/s1. The van der Waals surface area contributed by atoms with Gasteiger partial charge in [0.25, 0.3) is 5.91 Å². The molecule has 0 spiro atoms. The number of sulfonamides is 1. The van der Waals surface area contributed by atoms with E-state index in [2.05, 4.69) is 5.32 Å². The third-order valence-corrected chi connectivity index (χ3v) is 5.89. The molecule has 0 unspecified atom stereocenters. The van der Waals surface area contributed by atoms with Crippen LogP contribution in [0.4, 0.5) is 0 Å². The summed E-state index contributed by atoms with van der Waals surface area (Å²) < 4.78 is 26.8. The van der Waals surface area contributed by atoms with Crippen LogP contribution in [0, 0.1) is 0 Å². The van der Waals surface area contributed by atoms with E-state index >= 15 is 0 Å². The highest BCUT2D eigenvalue weighted by Gasteiger charge is 2.30. The molecule has 1 heterocycles. The topological polar surface area (TPSA) is 86.7 Å². The molecular weight excluding hydrogens is 304 g/mol. The smallest absolute Gasteiger partial charge is 0.251 e. The molecule has 0 aliphatic carbocycles. The first-order valence-corrected chi connectivity index (χ1v) is 8.92. The maximum absolute atomic E-state index is 12.6. The third kappa shape index (κ3) is 3.66. The molecular formula is C15H22N2O4S. The molecule has 2 rings (SSSR count). The van der Waals surface area contributed by atoms with E-state index in [4.69, 9.17) is 5.11 Å². The summed E-state index contributed by atoms with van der Waals surface area (Å²) in [5.74, 6) is -0.329. The van der Waals surface area contributed by atoms with Crippen LogP contribution in [0.15, 0.2) is 29.2 Å². The lowest BCUT2D eigenvalue weighted by Crippen LogP contribution is -2.41. The number of hydrogen-bond donors (Lipinski definition) is 2. The van der Waals surface area contributed by atoms with E-state index in [1.807, 2.05) is 6.92 Å². The lowest BCUT2D eigenvalue weighted by Gasteiger charge is -2.32. The van der Waals surface area contributed by atoms with Crippen LogP contribution in [0.3, 0.4) is 0 Å². The van der Waals surface area contributed by atoms with E-state index in [9.17, 15) is 13.2 Å². The van der Waals surface area contributed by atoms with Crippen molar-refractivity contribution < 1.29 is 18.3 Å². The first kappa shape index (κ1) is 16.9. The zero-order valence-electron chi connectivity index (χ0n) is 12.7.